The fourth-order valence-corrected chi connectivity index (χ4v) is 3.14. The van der Waals surface area contributed by atoms with Gasteiger partial charge in [0.05, 0.1) is 0 Å². The molecule has 0 aliphatic heterocycles. The van der Waals surface area contributed by atoms with Crippen molar-refractivity contribution in [3.63, 3.8) is 0 Å². The lowest BCUT2D eigenvalue weighted by Crippen LogP contribution is -2.37. The maximum absolute atomic E-state index is 3.78. The van der Waals surface area contributed by atoms with E-state index < -0.39 is 0 Å². The molecule has 0 heterocycles. The molecule has 0 radical (unpaired) electrons. The highest BCUT2D eigenvalue weighted by Gasteiger charge is 2.23. The van der Waals surface area contributed by atoms with E-state index in [0.29, 0.717) is 0 Å². The fraction of sp³-hybridized carbons (Fsp3) is 0.647. The Hall–Kier alpha value is -0.820. The highest BCUT2D eigenvalue weighted by atomic mass is 14.9. The number of rotatable bonds is 5. The molecule has 1 nitrogen and oxygen atoms in total. The van der Waals surface area contributed by atoms with Gasteiger partial charge in [-0.25, -0.2) is 0 Å². The van der Waals surface area contributed by atoms with Crippen molar-refractivity contribution < 1.29 is 0 Å². The molecule has 1 fully saturated rings. The summed E-state index contributed by atoms with van der Waals surface area (Å²) < 4.78 is 0. The van der Waals surface area contributed by atoms with Crippen LogP contribution in [0.25, 0.3) is 0 Å². The molecule has 1 aromatic carbocycles. The number of benzene rings is 1. The van der Waals surface area contributed by atoms with Gasteiger partial charge in [0, 0.05) is 6.04 Å². The van der Waals surface area contributed by atoms with Gasteiger partial charge in [-0.1, -0.05) is 56.5 Å². The number of hydrogen-bond acceptors (Lipinski definition) is 1. The van der Waals surface area contributed by atoms with Crippen molar-refractivity contribution >= 4 is 0 Å². The van der Waals surface area contributed by atoms with Crippen molar-refractivity contribution in [3.8, 4) is 0 Å². The summed E-state index contributed by atoms with van der Waals surface area (Å²) >= 11 is 0. The van der Waals surface area contributed by atoms with Crippen molar-refractivity contribution in [1.82, 2.24) is 5.32 Å². The minimum absolute atomic E-state index is 0.743. The van der Waals surface area contributed by atoms with E-state index in [4.69, 9.17) is 0 Å². The SMILES string of the molecule is CCCNC1CCCCCC1Cc1ccccc1. The molecule has 1 heteroatoms. The average molecular weight is 245 g/mol. The lowest BCUT2D eigenvalue weighted by molar-refractivity contribution is 0.332. The number of hydrogen-bond donors (Lipinski definition) is 1. The van der Waals surface area contributed by atoms with Gasteiger partial charge in [-0.05, 0) is 43.7 Å². The third-order valence-electron chi connectivity index (χ3n) is 4.16. The average Bonchev–Trinajstić information content (AvgIpc) is 2.63. The van der Waals surface area contributed by atoms with Crippen LogP contribution in [0.2, 0.25) is 0 Å². The van der Waals surface area contributed by atoms with Crippen molar-refractivity contribution in [2.45, 2.75) is 57.9 Å². The fourth-order valence-electron chi connectivity index (χ4n) is 3.14. The first-order valence-electron chi connectivity index (χ1n) is 7.67. The molecule has 0 amide bonds. The predicted molar refractivity (Wildman–Crippen MR) is 78.8 cm³/mol. The van der Waals surface area contributed by atoms with Gasteiger partial charge in [-0.15, -0.1) is 0 Å². The quantitative estimate of drug-likeness (QED) is 0.767. The van der Waals surface area contributed by atoms with Crippen molar-refractivity contribution in [2.75, 3.05) is 6.54 Å². The smallest absolute Gasteiger partial charge is 0.00984 e. The Morgan fingerprint density at radius 3 is 2.61 bits per heavy atom. The lowest BCUT2D eigenvalue weighted by atomic mass is 9.88. The molecular formula is C17H27N. The zero-order valence-electron chi connectivity index (χ0n) is 11.7. The molecule has 100 valence electrons. The van der Waals surface area contributed by atoms with Gasteiger partial charge in [-0.2, -0.15) is 0 Å². The second-order valence-corrected chi connectivity index (χ2v) is 5.65. The van der Waals surface area contributed by atoms with Crippen molar-refractivity contribution in [3.05, 3.63) is 35.9 Å². The van der Waals surface area contributed by atoms with Crippen LogP contribution in [0.3, 0.4) is 0 Å². The van der Waals surface area contributed by atoms with Crippen LogP contribution in [0.15, 0.2) is 30.3 Å². The Kier molecular flexibility index (Phi) is 5.73. The molecule has 0 bridgehead atoms. The second kappa shape index (κ2) is 7.58. The van der Waals surface area contributed by atoms with Crippen molar-refractivity contribution in [2.24, 2.45) is 5.92 Å². The van der Waals surface area contributed by atoms with E-state index in [-0.39, 0.29) is 0 Å². The molecule has 1 saturated carbocycles. The van der Waals surface area contributed by atoms with Crippen LogP contribution in [0, 0.1) is 5.92 Å². The molecule has 2 unspecified atom stereocenters. The van der Waals surface area contributed by atoms with E-state index in [0.717, 1.165) is 12.0 Å². The van der Waals surface area contributed by atoms with E-state index >= 15 is 0 Å². The van der Waals surface area contributed by atoms with E-state index in [1.165, 1.54) is 57.1 Å². The molecule has 1 aliphatic carbocycles. The summed E-state index contributed by atoms with van der Waals surface area (Å²) in [7, 11) is 0. The molecule has 0 saturated heterocycles. The van der Waals surface area contributed by atoms with Gasteiger partial charge >= 0.3 is 0 Å². The van der Waals surface area contributed by atoms with Gasteiger partial charge in [0.15, 0.2) is 0 Å². The first-order valence-corrected chi connectivity index (χ1v) is 7.67. The van der Waals surface area contributed by atoms with E-state index in [2.05, 4.69) is 42.6 Å². The van der Waals surface area contributed by atoms with E-state index in [9.17, 15) is 0 Å². The molecule has 18 heavy (non-hydrogen) atoms. The zero-order chi connectivity index (χ0) is 12.6. The van der Waals surface area contributed by atoms with Crippen LogP contribution in [-0.2, 0) is 6.42 Å². The summed E-state index contributed by atoms with van der Waals surface area (Å²) in [5.41, 5.74) is 1.51. The highest BCUT2D eigenvalue weighted by molar-refractivity contribution is 5.15. The van der Waals surface area contributed by atoms with Crippen LogP contribution < -0.4 is 5.32 Å². The maximum Gasteiger partial charge on any atom is 0.00984 e. The van der Waals surface area contributed by atoms with Crippen LogP contribution in [0.4, 0.5) is 0 Å². The minimum Gasteiger partial charge on any atom is -0.314 e. The summed E-state index contributed by atoms with van der Waals surface area (Å²) in [5, 5.41) is 3.78. The first-order chi connectivity index (χ1) is 8.90. The van der Waals surface area contributed by atoms with Crippen LogP contribution in [-0.4, -0.2) is 12.6 Å². The van der Waals surface area contributed by atoms with E-state index in [1.807, 2.05) is 0 Å². The molecule has 0 aromatic heterocycles. The van der Waals surface area contributed by atoms with Gasteiger partial charge in [-0.3, -0.25) is 0 Å². The summed E-state index contributed by atoms with van der Waals surface area (Å²) in [6, 6.07) is 11.8. The van der Waals surface area contributed by atoms with E-state index in [1.54, 1.807) is 0 Å². The molecule has 2 atom stereocenters. The summed E-state index contributed by atoms with van der Waals surface area (Å²) in [5.74, 6) is 0.835. The Morgan fingerprint density at radius 2 is 1.83 bits per heavy atom. The predicted octanol–water partition coefficient (Wildman–Crippen LogP) is 4.18. The molecule has 1 aliphatic rings. The molecule has 0 spiro atoms. The van der Waals surface area contributed by atoms with Gasteiger partial charge in [0.1, 0.15) is 0 Å². The van der Waals surface area contributed by atoms with Crippen LogP contribution >= 0.6 is 0 Å². The number of nitrogens with one attached hydrogen (secondary N) is 1. The Labute approximate surface area is 112 Å². The van der Waals surface area contributed by atoms with Gasteiger partial charge in [0.2, 0.25) is 0 Å². The Morgan fingerprint density at radius 1 is 1.06 bits per heavy atom. The standard InChI is InChI=1S/C17H27N/c1-2-13-18-17-12-8-4-7-11-16(17)14-15-9-5-3-6-10-15/h3,5-6,9-10,16-18H,2,4,7-8,11-14H2,1H3. The van der Waals surface area contributed by atoms with Gasteiger partial charge in [0.25, 0.3) is 0 Å². The third kappa shape index (κ3) is 4.13. The normalized spacial score (nSPS) is 24.7. The summed E-state index contributed by atoms with van der Waals surface area (Å²) in [6.45, 7) is 3.44. The summed E-state index contributed by atoms with van der Waals surface area (Å²) in [6.07, 6.45) is 9.52. The summed E-state index contributed by atoms with van der Waals surface area (Å²) in [4.78, 5) is 0. The topological polar surface area (TPSA) is 12.0 Å². The Bertz CT molecular complexity index is 320. The third-order valence-corrected chi connectivity index (χ3v) is 4.16. The highest BCUT2D eigenvalue weighted by Crippen LogP contribution is 2.26. The minimum atomic E-state index is 0.743. The molecule has 1 aromatic rings. The Balaban J connectivity index is 1.96. The molecule has 1 N–H and O–H groups in total. The van der Waals surface area contributed by atoms with Crippen LogP contribution in [0.5, 0.6) is 0 Å². The van der Waals surface area contributed by atoms with Crippen molar-refractivity contribution in [1.29, 1.82) is 0 Å². The maximum atomic E-state index is 3.78. The monoisotopic (exact) mass is 245 g/mol. The molecule has 2 rings (SSSR count). The zero-order valence-corrected chi connectivity index (χ0v) is 11.7. The first kappa shape index (κ1) is 13.6. The molecular weight excluding hydrogens is 218 g/mol. The van der Waals surface area contributed by atoms with Crippen LogP contribution in [0.1, 0.15) is 51.0 Å². The lowest BCUT2D eigenvalue weighted by Gasteiger charge is -2.26. The largest absolute Gasteiger partial charge is 0.314 e. The van der Waals surface area contributed by atoms with Gasteiger partial charge < -0.3 is 5.32 Å². The second-order valence-electron chi connectivity index (χ2n) is 5.65.